The number of rotatable bonds is 3. The molecule has 1 saturated heterocycles. The van der Waals surface area contributed by atoms with E-state index in [1.165, 1.54) is 0 Å². The Balaban J connectivity index is 0.00000200. The third-order valence-corrected chi connectivity index (χ3v) is 4.26. The standard InChI is InChI=1S/C15H23ClN2O.ClH/c1-15(2)10-18(7-6-14(15)17)9-11-8-12(16)4-5-13(11)19-3;/h4-5,8,14H,6-7,9-10,17H2,1-3H3;1H. The Labute approximate surface area is 132 Å². The first kappa shape index (κ1) is 17.6. The van der Waals surface area contributed by atoms with Gasteiger partial charge < -0.3 is 10.5 Å². The third-order valence-electron chi connectivity index (χ3n) is 4.03. The van der Waals surface area contributed by atoms with Gasteiger partial charge >= 0.3 is 0 Å². The van der Waals surface area contributed by atoms with E-state index in [4.69, 9.17) is 22.1 Å². The predicted octanol–water partition coefficient (Wildman–Crippen LogP) is 3.33. The lowest BCUT2D eigenvalue weighted by molar-refractivity contribution is 0.0892. The maximum Gasteiger partial charge on any atom is 0.123 e. The van der Waals surface area contributed by atoms with Gasteiger partial charge in [0, 0.05) is 36.3 Å². The van der Waals surface area contributed by atoms with Gasteiger partial charge in [-0.05, 0) is 30.0 Å². The molecule has 0 amide bonds. The minimum absolute atomic E-state index is 0. The Bertz CT molecular complexity index is 451. The molecule has 20 heavy (non-hydrogen) atoms. The van der Waals surface area contributed by atoms with Crippen molar-refractivity contribution < 1.29 is 4.74 Å². The molecule has 1 aromatic carbocycles. The van der Waals surface area contributed by atoms with Crippen molar-refractivity contribution in [3.8, 4) is 5.75 Å². The van der Waals surface area contributed by atoms with Crippen molar-refractivity contribution in [3.63, 3.8) is 0 Å². The number of piperidine rings is 1. The van der Waals surface area contributed by atoms with Gasteiger partial charge in [0.2, 0.25) is 0 Å². The van der Waals surface area contributed by atoms with E-state index >= 15 is 0 Å². The molecule has 0 aromatic heterocycles. The van der Waals surface area contributed by atoms with Crippen molar-refractivity contribution in [2.24, 2.45) is 11.1 Å². The molecule has 0 aliphatic carbocycles. The van der Waals surface area contributed by atoms with Crippen LogP contribution in [0.3, 0.4) is 0 Å². The van der Waals surface area contributed by atoms with Gasteiger partial charge in [-0.1, -0.05) is 25.4 Å². The number of benzene rings is 1. The van der Waals surface area contributed by atoms with Crippen molar-refractivity contribution >= 4 is 24.0 Å². The Morgan fingerprint density at radius 1 is 1.45 bits per heavy atom. The number of nitrogens with two attached hydrogens (primary N) is 1. The molecule has 1 aliphatic rings. The van der Waals surface area contributed by atoms with E-state index in [9.17, 15) is 0 Å². The first-order valence-corrected chi connectivity index (χ1v) is 7.10. The second kappa shape index (κ2) is 6.99. The van der Waals surface area contributed by atoms with Gasteiger partial charge in [0.15, 0.2) is 0 Å². The molecule has 0 bridgehead atoms. The zero-order valence-corrected chi connectivity index (χ0v) is 13.9. The third kappa shape index (κ3) is 4.01. The fourth-order valence-electron chi connectivity index (χ4n) is 2.73. The van der Waals surface area contributed by atoms with Crippen LogP contribution < -0.4 is 10.5 Å². The topological polar surface area (TPSA) is 38.5 Å². The molecule has 1 heterocycles. The van der Waals surface area contributed by atoms with Crippen molar-refractivity contribution in [1.82, 2.24) is 4.90 Å². The molecule has 1 unspecified atom stereocenters. The van der Waals surface area contributed by atoms with Crippen LogP contribution in [-0.2, 0) is 6.54 Å². The van der Waals surface area contributed by atoms with Crippen LogP contribution >= 0.6 is 24.0 Å². The molecule has 3 nitrogen and oxygen atoms in total. The monoisotopic (exact) mass is 318 g/mol. The van der Waals surface area contributed by atoms with Crippen LogP contribution in [0, 0.1) is 5.41 Å². The van der Waals surface area contributed by atoms with Gasteiger partial charge in [0.05, 0.1) is 7.11 Å². The summed E-state index contributed by atoms with van der Waals surface area (Å²) >= 11 is 6.08. The largest absolute Gasteiger partial charge is 0.496 e. The van der Waals surface area contributed by atoms with E-state index in [1.54, 1.807) is 7.11 Å². The molecule has 0 saturated carbocycles. The first-order valence-electron chi connectivity index (χ1n) is 6.73. The summed E-state index contributed by atoms with van der Waals surface area (Å²) in [5, 5.41) is 0.753. The van der Waals surface area contributed by atoms with Crippen molar-refractivity contribution in [2.75, 3.05) is 20.2 Å². The van der Waals surface area contributed by atoms with E-state index in [1.807, 2.05) is 18.2 Å². The van der Waals surface area contributed by atoms with Gasteiger partial charge in [-0.3, -0.25) is 4.90 Å². The fourth-order valence-corrected chi connectivity index (χ4v) is 2.93. The molecular weight excluding hydrogens is 295 g/mol. The highest BCUT2D eigenvalue weighted by Gasteiger charge is 2.33. The molecule has 0 spiro atoms. The quantitative estimate of drug-likeness (QED) is 0.929. The molecule has 1 aliphatic heterocycles. The van der Waals surface area contributed by atoms with Gasteiger partial charge in [0.25, 0.3) is 0 Å². The van der Waals surface area contributed by atoms with Crippen LogP contribution in [0.15, 0.2) is 18.2 Å². The highest BCUT2D eigenvalue weighted by atomic mass is 35.5. The summed E-state index contributed by atoms with van der Waals surface area (Å²) in [4.78, 5) is 2.43. The summed E-state index contributed by atoms with van der Waals surface area (Å²) < 4.78 is 5.40. The zero-order valence-electron chi connectivity index (χ0n) is 12.4. The molecule has 1 atom stereocenters. The molecule has 1 aromatic rings. The number of hydrogen-bond acceptors (Lipinski definition) is 3. The van der Waals surface area contributed by atoms with Gasteiger partial charge in [0.1, 0.15) is 5.75 Å². The van der Waals surface area contributed by atoms with Crippen molar-refractivity contribution in [3.05, 3.63) is 28.8 Å². The molecule has 0 radical (unpaired) electrons. The number of methoxy groups -OCH3 is 1. The van der Waals surface area contributed by atoms with Crippen LogP contribution in [0.5, 0.6) is 5.75 Å². The van der Waals surface area contributed by atoms with Crippen LogP contribution in [-0.4, -0.2) is 31.1 Å². The van der Waals surface area contributed by atoms with Crippen LogP contribution in [0.4, 0.5) is 0 Å². The number of hydrogen-bond donors (Lipinski definition) is 1. The summed E-state index contributed by atoms with van der Waals surface area (Å²) in [6, 6.07) is 6.06. The zero-order chi connectivity index (χ0) is 14.0. The van der Waals surface area contributed by atoms with Crippen LogP contribution in [0.1, 0.15) is 25.8 Å². The predicted molar refractivity (Wildman–Crippen MR) is 86.9 cm³/mol. The molecule has 2 rings (SSSR count). The highest BCUT2D eigenvalue weighted by molar-refractivity contribution is 6.30. The highest BCUT2D eigenvalue weighted by Crippen LogP contribution is 2.30. The van der Waals surface area contributed by atoms with E-state index in [-0.39, 0.29) is 23.9 Å². The van der Waals surface area contributed by atoms with Gasteiger partial charge in [-0.2, -0.15) is 0 Å². The summed E-state index contributed by atoms with van der Waals surface area (Å²) in [6.45, 7) is 7.36. The Morgan fingerprint density at radius 2 is 2.15 bits per heavy atom. The second-order valence-electron chi connectivity index (χ2n) is 6.05. The minimum atomic E-state index is 0. The van der Waals surface area contributed by atoms with Crippen molar-refractivity contribution in [2.45, 2.75) is 32.9 Å². The Morgan fingerprint density at radius 3 is 2.75 bits per heavy atom. The molecule has 114 valence electrons. The second-order valence-corrected chi connectivity index (χ2v) is 6.49. The van der Waals surface area contributed by atoms with Crippen LogP contribution in [0.25, 0.3) is 0 Å². The average molecular weight is 319 g/mol. The average Bonchev–Trinajstić information content (AvgIpc) is 2.34. The maximum absolute atomic E-state index is 6.18. The summed E-state index contributed by atoms with van der Waals surface area (Å²) in [5.74, 6) is 0.900. The lowest BCUT2D eigenvalue weighted by Gasteiger charge is -2.42. The molecule has 5 heteroatoms. The van der Waals surface area contributed by atoms with E-state index in [2.05, 4.69) is 18.7 Å². The number of likely N-dealkylation sites (tertiary alicyclic amines) is 1. The van der Waals surface area contributed by atoms with E-state index in [0.29, 0.717) is 0 Å². The number of ether oxygens (including phenoxy) is 1. The van der Waals surface area contributed by atoms with Gasteiger partial charge in [-0.25, -0.2) is 0 Å². The fraction of sp³-hybridized carbons (Fsp3) is 0.600. The first-order chi connectivity index (χ1) is 8.92. The SMILES string of the molecule is COc1ccc(Cl)cc1CN1CCC(N)C(C)(C)C1.Cl. The number of nitrogens with zero attached hydrogens (tertiary/aromatic N) is 1. The van der Waals surface area contributed by atoms with Crippen molar-refractivity contribution in [1.29, 1.82) is 0 Å². The van der Waals surface area contributed by atoms with Crippen LogP contribution in [0.2, 0.25) is 5.02 Å². The summed E-state index contributed by atoms with van der Waals surface area (Å²) in [6.07, 6.45) is 1.04. The van der Waals surface area contributed by atoms with E-state index in [0.717, 1.165) is 42.4 Å². The smallest absolute Gasteiger partial charge is 0.123 e. The van der Waals surface area contributed by atoms with Gasteiger partial charge in [-0.15, -0.1) is 12.4 Å². The molecular formula is C15H24Cl2N2O. The number of halogens is 2. The molecule has 2 N–H and O–H groups in total. The lowest BCUT2D eigenvalue weighted by Crippen LogP contribution is -2.52. The lowest BCUT2D eigenvalue weighted by atomic mass is 9.79. The summed E-state index contributed by atoms with van der Waals surface area (Å²) in [5.41, 5.74) is 7.47. The summed E-state index contributed by atoms with van der Waals surface area (Å²) in [7, 11) is 1.70. The maximum atomic E-state index is 6.18. The normalized spacial score (nSPS) is 22.1. The van der Waals surface area contributed by atoms with E-state index < -0.39 is 0 Å². The Kier molecular flexibility index (Phi) is 6.14. The molecule has 1 fully saturated rings. The Hall–Kier alpha value is -0.480. The minimum Gasteiger partial charge on any atom is -0.496 e.